The molecule has 1 aliphatic rings. The molecule has 22 heavy (non-hydrogen) atoms. The molecule has 1 aromatic heterocycles. The molecule has 3 rings (SSSR count). The molecule has 114 valence electrons. The minimum Gasteiger partial charge on any atom is -0.481 e. The number of hydrogen-bond donors (Lipinski definition) is 1. The maximum atomic E-state index is 12.6. The van der Waals surface area contributed by atoms with Crippen LogP contribution in [0.5, 0.6) is 0 Å². The summed E-state index contributed by atoms with van der Waals surface area (Å²) in [7, 11) is 0. The van der Waals surface area contributed by atoms with Gasteiger partial charge in [-0.15, -0.1) is 0 Å². The quantitative estimate of drug-likeness (QED) is 0.889. The molecule has 0 radical (unpaired) electrons. The van der Waals surface area contributed by atoms with Crippen molar-refractivity contribution >= 4 is 27.8 Å². The van der Waals surface area contributed by atoms with E-state index in [0.29, 0.717) is 11.2 Å². The van der Waals surface area contributed by atoms with Crippen LogP contribution in [0.1, 0.15) is 33.2 Å². The number of hydrogen-bond acceptors (Lipinski definition) is 3. The van der Waals surface area contributed by atoms with E-state index < -0.39 is 11.9 Å². The van der Waals surface area contributed by atoms with Crippen molar-refractivity contribution in [3.63, 3.8) is 0 Å². The molecule has 5 nitrogen and oxygen atoms in total. The first-order valence-electron chi connectivity index (χ1n) is 6.83. The third-order valence-corrected chi connectivity index (χ3v) is 4.25. The highest BCUT2D eigenvalue weighted by atomic mass is 79.9. The number of fused-ring (bicyclic) bond motifs is 1. The van der Waals surface area contributed by atoms with E-state index in [9.17, 15) is 14.7 Å². The zero-order valence-corrected chi connectivity index (χ0v) is 13.5. The van der Waals surface area contributed by atoms with E-state index >= 15 is 0 Å². The Balaban J connectivity index is 1.95. The van der Waals surface area contributed by atoms with Gasteiger partial charge >= 0.3 is 5.97 Å². The van der Waals surface area contributed by atoms with Gasteiger partial charge in [0.2, 0.25) is 0 Å². The minimum atomic E-state index is -0.928. The third kappa shape index (κ3) is 2.54. The van der Waals surface area contributed by atoms with Crippen LogP contribution in [-0.4, -0.2) is 28.4 Å². The van der Waals surface area contributed by atoms with E-state index in [1.165, 1.54) is 4.90 Å². The molecule has 0 fully saturated rings. The van der Waals surface area contributed by atoms with Crippen molar-refractivity contribution in [2.24, 2.45) is 0 Å². The molecule has 1 aromatic carbocycles. The van der Waals surface area contributed by atoms with Crippen LogP contribution in [0.25, 0.3) is 0 Å². The second-order valence-electron chi connectivity index (χ2n) is 5.34. The summed E-state index contributed by atoms with van der Waals surface area (Å²) >= 11 is 3.20. The van der Waals surface area contributed by atoms with Crippen molar-refractivity contribution in [1.29, 1.82) is 0 Å². The summed E-state index contributed by atoms with van der Waals surface area (Å²) in [6, 6.07) is 9.06. The summed E-state index contributed by atoms with van der Waals surface area (Å²) in [5, 5.41) is 9.44. The van der Waals surface area contributed by atoms with E-state index in [1.807, 2.05) is 24.3 Å². The summed E-state index contributed by atoms with van der Waals surface area (Å²) in [6.07, 6.45) is 0. The summed E-state index contributed by atoms with van der Waals surface area (Å²) < 4.78 is 5.88. The van der Waals surface area contributed by atoms with E-state index in [0.717, 1.165) is 16.7 Å². The van der Waals surface area contributed by atoms with Gasteiger partial charge in [-0.1, -0.05) is 24.3 Å². The Kier molecular flexibility index (Phi) is 3.78. The standard InChI is InChI=1S/C16H14BrNO4/c1-9-6-13(17)22-14(9)15(19)18-7-10-4-2-3-5-11(10)12(8-18)16(20)21/h2-6,12H,7-8H2,1H3,(H,20,21). The highest BCUT2D eigenvalue weighted by Crippen LogP contribution is 2.30. The van der Waals surface area contributed by atoms with E-state index in [4.69, 9.17) is 4.42 Å². The van der Waals surface area contributed by atoms with Gasteiger partial charge < -0.3 is 14.4 Å². The number of carboxylic acids is 1. The van der Waals surface area contributed by atoms with Gasteiger partial charge in [0.05, 0.1) is 5.92 Å². The maximum Gasteiger partial charge on any atom is 0.312 e. The van der Waals surface area contributed by atoms with Crippen LogP contribution in [0.4, 0.5) is 0 Å². The van der Waals surface area contributed by atoms with Crippen molar-refractivity contribution in [2.75, 3.05) is 6.54 Å². The number of carbonyl (C=O) groups excluding carboxylic acids is 1. The fraction of sp³-hybridized carbons (Fsp3) is 0.250. The van der Waals surface area contributed by atoms with Crippen LogP contribution in [0.3, 0.4) is 0 Å². The number of aliphatic carboxylic acids is 1. The highest BCUT2D eigenvalue weighted by Gasteiger charge is 2.34. The zero-order chi connectivity index (χ0) is 15.9. The molecule has 0 aliphatic carbocycles. The average Bonchev–Trinajstić information content (AvgIpc) is 2.83. The first-order chi connectivity index (χ1) is 10.5. The van der Waals surface area contributed by atoms with Crippen LogP contribution in [0, 0.1) is 6.92 Å². The fourth-order valence-corrected chi connectivity index (χ4v) is 3.28. The van der Waals surface area contributed by atoms with Gasteiger partial charge in [0, 0.05) is 18.7 Å². The number of rotatable bonds is 2. The van der Waals surface area contributed by atoms with Gasteiger partial charge in [-0.25, -0.2) is 0 Å². The Hall–Kier alpha value is -2.08. The summed E-state index contributed by atoms with van der Waals surface area (Å²) in [5.41, 5.74) is 2.36. The van der Waals surface area contributed by atoms with Crippen molar-refractivity contribution < 1.29 is 19.1 Å². The highest BCUT2D eigenvalue weighted by molar-refractivity contribution is 9.10. The molecule has 2 aromatic rings. The number of halogens is 1. The van der Waals surface area contributed by atoms with Crippen molar-refractivity contribution in [1.82, 2.24) is 4.90 Å². The van der Waals surface area contributed by atoms with E-state index in [2.05, 4.69) is 15.9 Å². The molecular formula is C16H14BrNO4. The lowest BCUT2D eigenvalue weighted by atomic mass is 9.89. The summed E-state index contributed by atoms with van der Waals surface area (Å²) in [6.45, 7) is 2.31. The molecule has 0 bridgehead atoms. The largest absolute Gasteiger partial charge is 0.481 e. The monoisotopic (exact) mass is 363 g/mol. The van der Waals surface area contributed by atoms with Crippen LogP contribution >= 0.6 is 15.9 Å². The molecule has 0 saturated carbocycles. The van der Waals surface area contributed by atoms with Crippen molar-refractivity contribution in [3.8, 4) is 0 Å². The average molecular weight is 364 g/mol. The minimum absolute atomic E-state index is 0.142. The first kappa shape index (κ1) is 14.8. The second kappa shape index (κ2) is 5.61. The predicted octanol–water partition coefficient (Wildman–Crippen LogP) is 3.17. The smallest absolute Gasteiger partial charge is 0.312 e. The van der Waals surface area contributed by atoms with Gasteiger partial charge in [0.1, 0.15) is 0 Å². The number of nitrogens with zero attached hydrogens (tertiary/aromatic N) is 1. The maximum absolute atomic E-state index is 12.6. The van der Waals surface area contributed by atoms with E-state index in [1.54, 1.807) is 13.0 Å². The van der Waals surface area contributed by atoms with Gasteiger partial charge in [0.25, 0.3) is 5.91 Å². The second-order valence-corrected chi connectivity index (χ2v) is 6.12. The topological polar surface area (TPSA) is 70.8 Å². The predicted molar refractivity (Wildman–Crippen MR) is 82.7 cm³/mol. The molecule has 6 heteroatoms. The van der Waals surface area contributed by atoms with Gasteiger partial charge in [-0.05, 0) is 40.0 Å². The molecule has 1 amide bonds. The van der Waals surface area contributed by atoms with E-state index in [-0.39, 0.29) is 18.2 Å². The third-order valence-electron chi connectivity index (χ3n) is 3.86. The normalized spacial score (nSPS) is 17.2. The Morgan fingerprint density at radius 3 is 2.73 bits per heavy atom. The summed E-state index contributed by atoms with van der Waals surface area (Å²) in [5.74, 6) is -1.69. The lowest BCUT2D eigenvalue weighted by Crippen LogP contribution is -2.40. The van der Waals surface area contributed by atoms with Crippen LogP contribution in [0.15, 0.2) is 39.4 Å². The molecule has 1 atom stereocenters. The fourth-order valence-electron chi connectivity index (χ4n) is 2.77. The van der Waals surface area contributed by atoms with Gasteiger partial charge in [-0.2, -0.15) is 0 Å². The van der Waals surface area contributed by atoms with Crippen molar-refractivity contribution in [3.05, 3.63) is 57.5 Å². The zero-order valence-electron chi connectivity index (χ0n) is 11.9. The van der Waals surface area contributed by atoms with Gasteiger partial charge in [0.15, 0.2) is 10.4 Å². The first-order valence-corrected chi connectivity index (χ1v) is 7.62. The molecule has 2 heterocycles. The Bertz CT molecular complexity index is 752. The Morgan fingerprint density at radius 2 is 2.09 bits per heavy atom. The lowest BCUT2D eigenvalue weighted by molar-refractivity contribution is -0.139. The van der Waals surface area contributed by atoms with Gasteiger partial charge in [-0.3, -0.25) is 9.59 Å². The number of aryl methyl sites for hydroxylation is 1. The Labute approximate surface area is 135 Å². The van der Waals surface area contributed by atoms with Crippen molar-refractivity contribution in [2.45, 2.75) is 19.4 Å². The van der Waals surface area contributed by atoms with Crippen LogP contribution < -0.4 is 0 Å². The number of benzene rings is 1. The SMILES string of the molecule is Cc1cc(Br)oc1C(=O)N1Cc2ccccc2C(C(=O)O)C1. The number of amides is 1. The van der Waals surface area contributed by atoms with Crippen LogP contribution in [0.2, 0.25) is 0 Å². The molecule has 0 spiro atoms. The molecule has 1 unspecified atom stereocenters. The Morgan fingerprint density at radius 1 is 1.36 bits per heavy atom. The molecule has 1 N–H and O–H groups in total. The summed E-state index contributed by atoms with van der Waals surface area (Å²) in [4.78, 5) is 25.7. The molecule has 1 aliphatic heterocycles. The molecular weight excluding hydrogens is 350 g/mol. The lowest BCUT2D eigenvalue weighted by Gasteiger charge is -2.32. The molecule has 0 saturated heterocycles. The number of furan rings is 1. The number of carbonyl (C=O) groups is 2. The van der Waals surface area contributed by atoms with Crippen LogP contribution in [-0.2, 0) is 11.3 Å². The number of carboxylic acid groups (broad SMARTS) is 1.